The lowest BCUT2D eigenvalue weighted by Gasteiger charge is -2.10. The van der Waals surface area contributed by atoms with Crippen molar-refractivity contribution in [3.05, 3.63) is 64.7 Å². The number of hydrogen-bond donors (Lipinski definition) is 2. The third-order valence-corrected chi connectivity index (χ3v) is 5.31. The Morgan fingerprint density at radius 1 is 1.14 bits per heavy atom. The molecule has 0 radical (unpaired) electrons. The molecule has 1 atom stereocenters. The van der Waals surface area contributed by atoms with E-state index in [1.807, 2.05) is 63.2 Å². The van der Waals surface area contributed by atoms with E-state index in [1.54, 1.807) is 6.21 Å². The Kier molecular flexibility index (Phi) is 6.26. The van der Waals surface area contributed by atoms with E-state index in [9.17, 15) is 9.59 Å². The van der Waals surface area contributed by atoms with Crippen LogP contribution in [0.5, 0.6) is 0 Å². The first-order valence-electron chi connectivity index (χ1n) is 8.93. The van der Waals surface area contributed by atoms with Gasteiger partial charge < -0.3 is 10.6 Å². The number of aryl methyl sites for hydroxylation is 3. The number of nitrogens with zero attached hydrogens (tertiary/aromatic N) is 2. The first kappa shape index (κ1) is 19.8. The van der Waals surface area contributed by atoms with E-state index >= 15 is 0 Å². The van der Waals surface area contributed by atoms with Crippen LogP contribution in [-0.2, 0) is 9.59 Å². The molecule has 1 unspecified atom stereocenters. The summed E-state index contributed by atoms with van der Waals surface area (Å²) in [5.74, 6) is -0.436. The molecule has 0 aromatic heterocycles. The maximum Gasteiger partial charge on any atom is 0.240 e. The van der Waals surface area contributed by atoms with Gasteiger partial charge in [0.2, 0.25) is 11.8 Å². The van der Waals surface area contributed by atoms with Crippen molar-refractivity contribution in [1.29, 1.82) is 0 Å². The Bertz CT molecular complexity index is 951. The van der Waals surface area contributed by atoms with Gasteiger partial charge in [-0.2, -0.15) is 5.10 Å². The van der Waals surface area contributed by atoms with Crippen molar-refractivity contribution in [2.45, 2.75) is 32.4 Å². The lowest BCUT2D eigenvalue weighted by molar-refractivity contribution is -0.122. The van der Waals surface area contributed by atoms with Crippen LogP contribution in [-0.4, -0.2) is 28.4 Å². The van der Waals surface area contributed by atoms with Crippen LogP contribution in [0.15, 0.2) is 52.7 Å². The van der Waals surface area contributed by atoms with E-state index < -0.39 is 5.25 Å². The third kappa shape index (κ3) is 5.29. The lowest BCUT2D eigenvalue weighted by Crippen LogP contribution is -2.28. The molecule has 2 aromatic carbocycles. The summed E-state index contributed by atoms with van der Waals surface area (Å²) in [6.07, 6.45) is 1.70. The van der Waals surface area contributed by atoms with Gasteiger partial charge in [0.25, 0.3) is 0 Å². The molecule has 144 valence electrons. The Morgan fingerprint density at radius 2 is 1.86 bits per heavy atom. The van der Waals surface area contributed by atoms with Crippen molar-refractivity contribution in [3.63, 3.8) is 0 Å². The number of nitrogens with one attached hydrogen (secondary N) is 2. The van der Waals surface area contributed by atoms with Crippen LogP contribution >= 0.6 is 11.8 Å². The number of rotatable bonds is 5. The summed E-state index contributed by atoms with van der Waals surface area (Å²) in [5, 5.41) is 13.5. The molecule has 2 N–H and O–H groups in total. The Labute approximate surface area is 168 Å². The Morgan fingerprint density at radius 3 is 2.57 bits per heavy atom. The van der Waals surface area contributed by atoms with E-state index in [-0.39, 0.29) is 18.2 Å². The normalized spacial score (nSPS) is 17.9. The number of thioether (sulfide) groups is 1. The highest BCUT2D eigenvalue weighted by Gasteiger charge is 2.32. The second-order valence-electron chi connectivity index (χ2n) is 6.73. The van der Waals surface area contributed by atoms with Crippen LogP contribution in [0.25, 0.3) is 0 Å². The molecule has 0 aliphatic carbocycles. The molecule has 3 rings (SSSR count). The van der Waals surface area contributed by atoms with Crippen molar-refractivity contribution in [2.75, 3.05) is 5.32 Å². The van der Waals surface area contributed by atoms with Crippen LogP contribution in [0.3, 0.4) is 0 Å². The van der Waals surface area contributed by atoms with Crippen LogP contribution in [0, 0.1) is 20.8 Å². The fourth-order valence-electron chi connectivity index (χ4n) is 2.71. The zero-order chi connectivity index (χ0) is 20.1. The average molecular weight is 395 g/mol. The Balaban J connectivity index is 1.56. The molecule has 7 heteroatoms. The maximum atomic E-state index is 12.3. The Hall–Kier alpha value is -2.93. The van der Waals surface area contributed by atoms with Crippen molar-refractivity contribution < 1.29 is 9.59 Å². The van der Waals surface area contributed by atoms with E-state index in [4.69, 9.17) is 0 Å². The van der Waals surface area contributed by atoms with Crippen molar-refractivity contribution in [3.8, 4) is 0 Å². The molecule has 1 heterocycles. The maximum absolute atomic E-state index is 12.3. The fourth-order valence-corrected chi connectivity index (χ4v) is 3.63. The van der Waals surface area contributed by atoms with Gasteiger partial charge in [-0.05, 0) is 38.0 Å². The van der Waals surface area contributed by atoms with Crippen LogP contribution in [0.1, 0.15) is 28.7 Å². The predicted octanol–water partition coefficient (Wildman–Crippen LogP) is 3.56. The summed E-state index contributed by atoms with van der Waals surface area (Å²) >= 11 is 1.22. The van der Waals surface area contributed by atoms with Crippen molar-refractivity contribution in [2.24, 2.45) is 10.2 Å². The second-order valence-corrected chi connectivity index (χ2v) is 7.92. The molecular formula is C21H22N4O2S. The minimum atomic E-state index is -0.515. The zero-order valence-corrected chi connectivity index (χ0v) is 16.8. The van der Waals surface area contributed by atoms with Gasteiger partial charge in [-0.25, -0.2) is 0 Å². The number of anilines is 1. The number of carbonyl (C=O) groups excluding carboxylic acids is 2. The molecule has 0 saturated carbocycles. The molecule has 1 aliphatic rings. The minimum Gasteiger partial charge on any atom is -0.326 e. The van der Waals surface area contributed by atoms with E-state index in [2.05, 4.69) is 20.8 Å². The largest absolute Gasteiger partial charge is 0.326 e. The average Bonchev–Trinajstić information content (AvgIpc) is 2.98. The summed E-state index contributed by atoms with van der Waals surface area (Å²) in [5.41, 5.74) is 4.98. The molecular weight excluding hydrogens is 372 g/mol. The highest BCUT2D eigenvalue weighted by atomic mass is 32.2. The molecule has 0 bridgehead atoms. The summed E-state index contributed by atoms with van der Waals surface area (Å²) in [4.78, 5) is 24.4. The summed E-state index contributed by atoms with van der Waals surface area (Å²) in [6, 6.07) is 13.7. The van der Waals surface area contributed by atoms with Gasteiger partial charge >= 0.3 is 0 Å². The predicted molar refractivity (Wildman–Crippen MR) is 115 cm³/mol. The first-order chi connectivity index (χ1) is 13.4. The number of benzene rings is 2. The molecule has 6 nitrogen and oxygen atoms in total. The summed E-state index contributed by atoms with van der Waals surface area (Å²) in [7, 11) is 0. The van der Waals surface area contributed by atoms with Gasteiger partial charge in [-0.15, -0.1) is 5.10 Å². The fraction of sp³-hybridized carbons (Fsp3) is 0.238. The monoisotopic (exact) mass is 394 g/mol. The summed E-state index contributed by atoms with van der Waals surface area (Å²) in [6.45, 7) is 5.96. The van der Waals surface area contributed by atoms with Crippen LogP contribution in [0.2, 0.25) is 0 Å². The second kappa shape index (κ2) is 8.84. The van der Waals surface area contributed by atoms with E-state index in [0.29, 0.717) is 5.17 Å². The van der Waals surface area contributed by atoms with Crippen molar-refractivity contribution in [1.82, 2.24) is 5.32 Å². The smallest absolute Gasteiger partial charge is 0.240 e. The molecule has 2 aromatic rings. The first-order valence-corrected chi connectivity index (χ1v) is 9.81. The highest BCUT2D eigenvalue weighted by Crippen LogP contribution is 2.24. The number of amides is 2. The lowest BCUT2D eigenvalue weighted by atomic mass is 10.1. The zero-order valence-electron chi connectivity index (χ0n) is 16.0. The number of amidine groups is 1. The van der Waals surface area contributed by atoms with Crippen molar-refractivity contribution >= 4 is 40.6 Å². The standard InChI is InChI=1S/C21H22N4O2S/c1-13-4-7-16(8-5-13)12-22-25-21-24-20(27)18(28-21)11-19(26)23-17-9-6-14(2)10-15(17)3/h4-10,12,18H,11H2,1-3H3,(H,23,26)(H,24,25,27). The SMILES string of the molecule is Cc1ccc(C=NN=C2NC(=O)C(CC(=O)Nc3ccc(C)cc3C)S2)cc1. The van der Waals surface area contributed by atoms with Gasteiger partial charge in [0.05, 0.1) is 6.21 Å². The topological polar surface area (TPSA) is 82.9 Å². The van der Waals surface area contributed by atoms with Crippen LogP contribution in [0.4, 0.5) is 5.69 Å². The molecule has 1 saturated heterocycles. The van der Waals surface area contributed by atoms with Crippen LogP contribution < -0.4 is 10.6 Å². The van der Waals surface area contributed by atoms with E-state index in [1.165, 1.54) is 17.3 Å². The van der Waals surface area contributed by atoms with Gasteiger partial charge in [0.1, 0.15) is 5.25 Å². The minimum absolute atomic E-state index is 0.0739. The van der Waals surface area contributed by atoms with Gasteiger partial charge in [0.15, 0.2) is 5.17 Å². The molecule has 2 amide bonds. The quantitative estimate of drug-likeness (QED) is 0.601. The number of hydrogen-bond acceptors (Lipinski definition) is 5. The molecule has 1 fully saturated rings. The number of carbonyl (C=O) groups is 2. The molecule has 28 heavy (non-hydrogen) atoms. The van der Waals surface area contributed by atoms with Gasteiger partial charge in [-0.1, -0.05) is 59.3 Å². The molecule has 0 spiro atoms. The van der Waals surface area contributed by atoms with Gasteiger partial charge in [0, 0.05) is 12.1 Å². The third-order valence-electron chi connectivity index (χ3n) is 4.24. The highest BCUT2D eigenvalue weighted by molar-refractivity contribution is 8.15. The summed E-state index contributed by atoms with van der Waals surface area (Å²) < 4.78 is 0. The van der Waals surface area contributed by atoms with E-state index in [0.717, 1.165) is 22.4 Å². The molecule has 1 aliphatic heterocycles. The van der Waals surface area contributed by atoms with Gasteiger partial charge in [-0.3, -0.25) is 9.59 Å².